The van der Waals surface area contributed by atoms with Gasteiger partial charge in [-0.1, -0.05) is 30.3 Å². The van der Waals surface area contributed by atoms with Crippen LogP contribution in [-0.2, 0) is 37.3 Å². The average Bonchev–Trinajstić information content (AvgIpc) is 2.69. The van der Waals surface area contributed by atoms with Crippen LogP contribution in [0.15, 0.2) is 48.5 Å². The third kappa shape index (κ3) is 5.27. The number of rotatable bonds is 8. The summed E-state index contributed by atoms with van der Waals surface area (Å²) in [5.74, 6) is 0.577. The molecule has 1 heterocycles. The molecule has 1 aliphatic heterocycles. The molecule has 1 atom stereocenters. The second-order valence-electron chi connectivity index (χ2n) is 6.64. The lowest BCUT2D eigenvalue weighted by Crippen LogP contribution is -2.40. The minimum Gasteiger partial charge on any atom is -0.384 e. The highest BCUT2D eigenvalue weighted by atomic mass is 32.2. The highest BCUT2D eigenvalue weighted by Crippen LogP contribution is 2.27. The molecule has 2 aromatic rings. The van der Waals surface area contributed by atoms with Gasteiger partial charge in [0.15, 0.2) is 0 Å². The van der Waals surface area contributed by atoms with Crippen molar-refractivity contribution >= 4 is 34.0 Å². The van der Waals surface area contributed by atoms with Crippen LogP contribution in [0, 0.1) is 0 Å². The Morgan fingerprint density at radius 3 is 2.82 bits per heavy atom. The van der Waals surface area contributed by atoms with Crippen LogP contribution in [0.3, 0.4) is 0 Å². The van der Waals surface area contributed by atoms with Gasteiger partial charge >= 0.3 is 0 Å². The van der Waals surface area contributed by atoms with Crippen molar-refractivity contribution in [1.29, 1.82) is 0 Å². The molecule has 2 aromatic carbocycles. The predicted octanol–water partition coefficient (Wildman–Crippen LogP) is 2.50. The average molecular weight is 401 g/mol. The molecule has 0 bridgehead atoms. The molecule has 1 aliphatic rings. The molecule has 2 amide bonds. The van der Waals surface area contributed by atoms with Crippen LogP contribution >= 0.6 is 0 Å². The standard InChI is InChI=1S/C21H24N2O4S/c1-27-11-12-28(26)15-16-5-4-7-18(13-16)22-20(24)14-23-19-8-3-2-6-17(19)9-10-21(23)25/h2-8,13H,9-12,14-15H2,1H3,(H,22,24). The molecule has 1 N–H and O–H groups in total. The molecule has 0 saturated heterocycles. The Balaban J connectivity index is 1.63. The molecular weight excluding hydrogens is 376 g/mol. The number of carbonyl (C=O) groups excluding carboxylic acids is 2. The number of nitrogens with one attached hydrogen (secondary N) is 1. The SMILES string of the molecule is COCCS(=O)Cc1cccc(NC(=O)CN2C(=O)CCc3ccccc32)c1. The molecule has 0 aliphatic carbocycles. The van der Waals surface area contributed by atoms with E-state index in [2.05, 4.69) is 5.32 Å². The lowest BCUT2D eigenvalue weighted by atomic mass is 10.0. The van der Waals surface area contributed by atoms with Gasteiger partial charge in [0.05, 0.1) is 6.61 Å². The van der Waals surface area contributed by atoms with Crippen molar-refractivity contribution in [3.8, 4) is 0 Å². The minimum absolute atomic E-state index is 0.0279. The molecule has 7 heteroatoms. The number of anilines is 2. The summed E-state index contributed by atoms with van der Waals surface area (Å²) in [6.45, 7) is 0.425. The Hall–Kier alpha value is -2.51. The maximum absolute atomic E-state index is 12.5. The molecule has 148 valence electrons. The number of methoxy groups -OCH3 is 1. The van der Waals surface area contributed by atoms with Crippen LogP contribution in [-0.4, -0.2) is 42.0 Å². The molecule has 0 spiro atoms. The summed E-state index contributed by atoms with van der Waals surface area (Å²) in [5, 5.41) is 2.84. The molecule has 0 fully saturated rings. The lowest BCUT2D eigenvalue weighted by Gasteiger charge is -2.28. The molecule has 1 unspecified atom stereocenters. The van der Waals surface area contributed by atoms with Gasteiger partial charge in [0.1, 0.15) is 6.54 Å². The van der Waals surface area contributed by atoms with Gasteiger partial charge in [0.25, 0.3) is 0 Å². The van der Waals surface area contributed by atoms with Gasteiger partial charge in [-0.05, 0) is 35.7 Å². The van der Waals surface area contributed by atoms with E-state index < -0.39 is 10.8 Å². The van der Waals surface area contributed by atoms with E-state index in [9.17, 15) is 13.8 Å². The molecule has 28 heavy (non-hydrogen) atoms. The van der Waals surface area contributed by atoms with E-state index in [4.69, 9.17) is 4.74 Å². The first-order valence-corrected chi connectivity index (χ1v) is 10.7. The summed E-state index contributed by atoms with van der Waals surface area (Å²) >= 11 is 0. The Kier molecular flexibility index (Phi) is 6.95. The first-order valence-electron chi connectivity index (χ1n) is 9.18. The van der Waals surface area contributed by atoms with E-state index in [1.54, 1.807) is 13.2 Å². The van der Waals surface area contributed by atoms with Crippen molar-refractivity contribution in [3.63, 3.8) is 0 Å². The van der Waals surface area contributed by atoms with Crippen molar-refractivity contribution in [2.75, 3.05) is 36.2 Å². The van der Waals surface area contributed by atoms with E-state index in [1.807, 2.05) is 42.5 Å². The molecular formula is C21H24N2O4S. The monoisotopic (exact) mass is 400 g/mol. The molecule has 0 radical (unpaired) electrons. The summed E-state index contributed by atoms with van der Waals surface area (Å²) < 4.78 is 17.0. The molecule has 6 nitrogen and oxygen atoms in total. The number of para-hydroxylation sites is 1. The van der Waals surface area contributed by atoms with Crippen LogP contribution in [0.5, 0.6) is 0 Å². The molecule has 0 aromatic heterocycles. The van der Waals surface area contributed by atoms with Gasteiger partial charge in [-0.25, -0.2) is 0 Å². The number of amides is 2. The zero-order valence-corrected chi connectivity index (χ0v) is 16.7. The lowest BCUT2D eigenvalue weighted by molar-refractivity contribution is -0.121. The van der Waals surface area contributed by atoms with Gasteiger partial charge in [-0.15, -0.1) is 0 Å². The van der Waals surface area contributed by atoms with Crippen LogP contribution < -0.4 is 10.2 Å². The highest BCUT2D eigenvalue weighted by molar-refractivity contribution is 7.84. The van der Waals surface area contributed by atoms with Crippen molar-refractivity contribution < 1.29 is 18.5 Å². The van der Waals surface area contributed by atoms with E-state index >= 15 is 0 Å². The Morgan fingerprint density at radius 2 is 2.00 bits per heavy atom. The summed E-state index contributed by atoms with van der Waals surface area (Å²) in [6, 6.07) is 15.0. The maximum atomic E-state index is 12.5. The Bertz CT molecular complexity index is 884. The highest BCUT2D eigenvalue weighted by Gasteiger charge is 2.25. The first kappa shape index (κ1) is 20.2. The third-order valence-corrected chi connectivity index (χ3v) is 5.82. The number of aryl methyl sites for hydroxylation is 1. The number of benzene rings is 2. The van der Waals surface area contributed by atoms with Crippen molar-refractivity contribution in [1.82, 2.24) is 0 Å². The van der Waals surface area contributed by atoms with Crippen molar-refractivity contribution in [2.45, 2.75) is 18.6 Å². The number of hydrogen-bond donors (Lipinski definition) is 1. The topological polar surface area (TPSA) is 75.7 Å². The largest absolute Gasteiger partial charge is 0.384 e. The number of hydrogen-bond acceptors (Lipinski definition) is 4. The number of fused-ring (bicyclic) bond motifs is 1. The summed E-state index contributed by atoms with van der Waals surface area (Å²) in [6.07, 6.45) is 1.11. The zero-order valence-electron chi connectivity index (χ0n) is 15.8. The number of nitrogens with zero attached hydrogens (tertiary/aromatic N) is 1. The molecule has 0 saturated carbocycles. The van der Waals surface area contributed by atoms with Crippen LogP contribution in [0.25, 0.3) is 0 Å². The summed E-state index contributed by atoms with van der Waals surface area (Å²) in [7, 11) is 0.564. The van der Waals surface area contributed by atoms with E-state index in [-0.39, 0.29) is 18.4 Å². The fraction of sp³-hybridized carbons (Fsp3) is 0.333. The minimum atomic E-state index is -1.02. The molecule has 3 rings (SSSR count). The maximum Gasteiger partial charge on any atom is 0.244 e. The van der Waals surface area contributed by atoms with E-state index in [1.165, 1.54) is 4.90 Å². The van der Waals surface area contributed by atoms with E-state index in [0.29, 0.717) is 36.6 Å². The fourth-order valence-corrected chi connectivity index (χ4v) is 4.24. The van der Waals surface area contributed by atoms with Gasteiger partial charge in [0, 0.05) is 47.2 Å². The fourth-order valence-electron chi connectivity index (χ4n) is 3.19. The van der Waals surface area contributed by atoms with Crippen LogP contribution in [0.4, 0.5) is 11.4 Å². The third-order valence-electron chi connectivity index (χ3n) is 4.55. The van der Waals surface area contributed by atoms with Crippen LogP contribution in [0.1, 0.15) is 17.5 Å². The Morgan fingerprint density at radius 1 is 1.18 bits per heavy atom. The predicted molar refractivity (Wildman–Crippen MR) is 111 cm³/mol. The van der Waals surface area contributed by atoms with Crippen molar-refractivity contribution in [2.24, 2.45) is 0 Å². The van der Waals surface area contributed by atoms with Gasteiger partial charge < -0.3 is 15.0 Å². The number of ether oxygens (including phenoxy) is 1. The normalized spacial score (nSPS) is 14.5. The van der Waals surface area contributed by atoms with Gasteiger partial charge in [-0.2, -0.15) is 0 Å². The van der Waals surface area contributed by atoms with Crippen LogP contribution in [0.2, 0.25) is 0 Å². The smallest absolute Gasteiger partial charge is 0.244 e. The second-order valence-corrected chi connectivity index (χ2v) is 8.21. The second kappa shape index (κ2) is 9.61. The first-order chi connectivity index (χ1) is 13.6. The number of carbonyl (C=O) groups is 2. The van der Waals surface area contributed by atoms with E-state index in [0.717, 1.165) is 16.8 Å². The zero-order chi connectivity index (χ0) is 19.9. The Labute approximate surface area is 167 Å². The van der Waals surface area contributed by atoms with Crippen molar-refractivity contribution in [3.05, 3.63) is 59.7 Å². The van der Waals surface area contributed by atoms with Gasteiger partial charge in [0.2, 0.25) is 11.8 Å². The summed E-state index contributed by atoms with van der Waals surface area (Å²) in [4.78, 5) is 26.4. The summed E-state index contributed by atoms with van der Waals surface area (Å²) in [5.41, 5.74) is 3.39. The van der Waals surface area contributed by atoms with Gasteiger partial charge in [-0.3, -0.25) is 13.8 Å². The quantitative estimate of drug-likeness (QED) is 0.739.